The summed E-state index contributed by atoms with van der Waals surface area (Å²) in [5, 5.41) is 3.85. The van der Waals surface area contributed by atoms with Gasteiger partial charge in [0.15, 0.2) is 0 Å². The molecule has 18 heavy (non-hydrogen) atoms. The number of hydrogen-bond donors (Lipinski definition) is 2. The van der Waals surface area contributed by atoms with Crippen molar-refractivity contribution in [2.24, 2.45) is 11.1 Å². The highest BCUT2D eigenvalue weighted by atomic mass is 15.0. The first-order chi connectivity index (χ1) is 8.68. The average molecular weight is 252 g/mol. The van der Waals surface area contributed by atoms with Gasteiger partial charge in [0, 0.05) is 5.54 Å². The van der Waals surface area contributed by atoms with E-state index in [-0.39, 0.29) is 0 Å². The van der Waals surface area contributed by atoms with Gasteiger partial charge in [-0.3, -0.25) is 0 Å². The zero-order valence-electron chi connectivity index (χ0n) is 12.3. The monoisotopic (exact) mass is 252 g/mol. The van der Waals surface area contributed by atoms with Gasteiger partial charge in [-0.15, -0.1) is 0 Å². The Balaban J connectivity index is 1.75. The maximum atomic E-state index is 6.06. The fraction of sp³-hybridized carbons (Fsp3) is 1.00. The average Bonchev–Trinajstić information content (AvgIpc) is 2.40. The summed E-state index contributed by atoms with van der Waals surface area (Å²) in [5.41, 5.74) is 6.95. The van der Waals surface area contributed by atoms with Crippen LogP contribution in [0, 0.1) is 5.41 Å². The zero-order chi connectivity index (χ0) is 12.9. The molecule has 2 heteroatoms. The summed E-state index contributed by atoms with van der Waals surface area (Å²) >= 11 is 0. The Kier molecular flexibility index (Phi) is 5.08. The minimum Gasteiger partial charge on any atom is -0.330 e. The predicted octanol–water partition coefficient (Wildman–Crippen LogP) is 3.60. The van der Waals surface area contributed by atoms with Gasteiger partial charge in [-0.1, -0.05) is 38.5 Å². The molecule has 106 valence electrons. The highest BCUT2D eigenvalue weighted by Crippen LogP contribution is 2.38. The number of nitrogens with one attached hydrogen (secondary N) is 1. The highest BCUT2D eigenvalue weighted by Gasteiger charge is 2.31. The van der Waals surface area contributed by atoms with Crippen LogP contribution >= 0.6 is 0 Å². The summed E-state index contributed by atoms with van der Waals surface area (Å²) in [6, 6.07) is 0. The van der Waals surface area contributed by atoms with Crippen molar-refractivity contribution < 1.29 is 0 Å². The predicted molar refractivity (Wildman–Crippen MR) is 78.7 cm³/mol. The van der Waals surface area contributed by atoms with E-state index in [1.54, 1.807) is 0 Å². The molecule has 0 radical (unpaired) electrons. The molecule has 2 fully saturated rings. The molecule has 0 aromatic carbocycles. The number of hydrogen-bond acceptors (Lipinski definition) is 2. The van der Waals surface area contributed by atoms with Gasteiger partial charge < -0.3 is 11.1 Å². The molecule has 2 aliphatic rings. The van der Waals surface area contributed by atoms with E-state index in [9.17, 15) is 0 Å². The second-order valence-corrected chi connectivity index (χ2v) is 7.06. The van der Waals surface area contributed by atoms with Crippen LogP contribution < -0.4 is 11.1 Å². The summed E-state index contributed by atoms with van der Waals surface area (Å²) in [4.78, 5) is 0. The first-order valence-corrected chi connectivity index (χ1v) is 8.13. The molecule has 0 heterocycles. The standard InChI is InChI=1S/C16H32N2/c1-15(8-4-2-5-9-15)18-13-12-16(14-17)10-6-3-7-11-16/h18H,2-14,17H2,1H3. The molecule has 2 rings (SSSR count). The molecule has 0 aromatic rings. The van der Waals surface area contributed by atoms with Gasteiger partial charge >= 0.3 is 0 Å². The first-order valence-electron chi connectivity index (χ1n) is 8.13. The molecular weight excluding hydrogens is 220 g/mol. The minimum atomic E-state index is 0.419. The number of nitrogens with two attached hydrogens (primary N) is 1. The normalized spacial score (nSPS) is 27.0. The Labute approximate surface area is 113 Å². The topological polar surface area (TPSA) is 38.0 Å². The largest absolute Gasteiger partial charge is 0.330 e. The third kappa shape index (κ3) is 3.71. The maximum Gasteiger partial charge on any atom is 0.0153 e. The van der Waals surface area contributed by atoms with Crippen molar-refractivity contribution in [1.29, 1.82) is 0 Å². The van der Waals surface area contributed by atoms with Crippen molar-refractivity contribution in [1.82, 2.24) is 5.32 Å². The molecule has 0 spiro atoms. The van der Waals surface area contributed by atoms with Crippen LogP contribution in [0.25, 0.3) is 0 Å². The van der Waals surface area contributed by atoms with Gasteiger partial charge in [0.2, 0.25) is 0 Å². The molecule has 0 unspecified atom stereocenters. The maximum absolute atomic E-state index is 6.06. The molecular formula is C16H32N2. The SMILES string of the molecule is CC1(NCCC2(CN)CCCCC2)CCCCC1. The smallest absolute Gasteiger partial charge is 0.0153 e. The summed E-state index contributed by atoms with van der Waals surface area (Å²) in [5.74, 6) is 0. The van der Waals surface area contributed by atoms with Crippen LogP contribution in [0.15, 0.2) is 0 Å². The lowest BCUT2D eigenvalue weighted by atomic mass is 9.71. The van der Waals surface area contributed by atoms with Crippen LogP contribution in [0.3, 0.4) is 0 Å². The van der Waals surface area contributed by atoms with Gasteiger partial charge in [-0.2, -0.15) is 0 Å². The van der Waals surface area contributed by atoms with E-state index in [1.807, 2.05) is 0 Å². The van der Waals surface area contributed by atoms with E-state index in [1.165, 1.54) is 77.2 Å². The Bertz CT molecular complexity index is 237. The molecule has 2 nitrogen and oxygen atoms in total. The van der Waals surface area contributed by atoms with Crippen LogP contribution in [0.2, 0.25) is 0 Å². The van der Waals surface area contributed by atoms with Crippen molar-refractivity contribution >= 4 is 0 Å². The van der Waals surface area contributed by atoms with Crippen LogP contribution in [0.1, 0.15) is 77.6 Å². The van der Waals surface area contributed by atoms with E-state index >= 15 is 0 Å². The van der Waals surface area contributed by atoms with Gasteiger partial charge in [0.1, 0.15) is 0 Å². The van der Waals surface area contributed by atoms with Crippen LogP contribution in [-0.2, 0) is 0 Å². The second-order valence-electron chi connectivity index (χ2n) is 7.06. The molecule has 0 aliphatic heterocycles. The fourth-order valence-corrected chi connectivity index (χ4v) is 4.00. The van der Waals surface area contributed by atoms with Crippen LogP contribution in [0.5, 0.6) is 0 Å². The molecule has 0 saturated heterocycles. The second kappa shape index (κ2) is 6.38. The van der Waals surface area contributed by atoms with E-state index in [0.717, 1.165) is 6.54 Å². The first kappa shape index (κ1) is 14.3. The van der Waals surface area contributed by atoms with Crippen molar-refractivity contribution in [3.63, 3.8) is 0 Å². The summed E-state index contributed by atoms with van der Waals surface area (Å²) < 4.78 is 0. The Morgan fingerprint density at radius 1 is 0.889 bits per heavy atom. The molecule has 3 N–H and O–H groups in total. The molecule has 0 atom stereocenters. The lowest BCUT2D eigenvalue weighted by Gasteiger charge is -2.39. The summed E-state index contributed by atoms with van der Waals surface area (Å²) in [6.07, 6.45) is 15.2. The minimum absolute atomic E-state index is 0.419. The quantitative estimate of drug-likeness (QED) is 0.784. The molecule has 0 amide bonds. The molecule has 2 saturated carbocycles. The van der Waals surface area contributed by atoms with E-state index in [0.29, 0.717) is 11.0 Å². The van der Waals surface area contributed by atoms with Crippen LogP contribution in [-0.4, -0.2) is 18.6 Å². The zero-order valence-corrected chi connectivity index (χ0v) is 12.3. The van der Waals surface area contributed by atoms with Crippen molar-refractivity contribution in [3.8, 4) is 0 Å². The third-order valence-electron chi connectivity index (χ3n) is 5.51. The van der Waals surface area contributed by atoms with Crippen molar-refractivity contribution in [3.05, 3.63) is 0 Å². The van der Waals surface area contributed by atoms with Gasteiger partial charge in [0.25, 0.3) is 0 Å². The fourth-order valence-electron chi connectivity index (χ4n) is 4.00. The van der Waals surface area contributed by atoms with Gasteiger partial charge in [-0.05, 0) is 57.5 Å². The molecule has 0 bridgehead atoms. The lowest BCUT2D eigenvalue weighted by Crippen LogP contribution is -2.46. The van der Waals surface area contributed by atoms with Gasteiger partial charge in [0.05, 0.1) is 0 Å². The Morgan fingerprint density at radius 2 is 1.44 bits per heavy atom. The summed E-state index contributed by atoms with van der Waals surface area (Å²) in [6.45, 7) is 4.49. The van der Waals surface area contributed by atoms with Gasteiger partial charge in [-0.25, -0.2) is 0 Å². The lowest BCUT2D eigenvalue weighted by molar-refractivity contribution is 0.166. The third-order valence-corrected chi connectivity index (χ3v) is 5.51. The van der Waals surface area contributed by atoms with Crippen LogP contribution in [0.4, 0.5) is 0 Å². The van der Waals surface area contributed by atoms with Crippen molar-refractivity contribution in [2.75, 3.05) is 13.1 Å². The molecule has 0 aromatic heterocycles. The number of rotatable bonds is 5. The Hall–Kier alpha value is -0.0800. The van der Waals surface area contributed by atoms with Crippen molar-refractivity contribution in [2.45, 2.75) is 83.1 Å². The molecule has 2 aliphatic carbocycles. The van der Waals surface area contributed by atoms with E-state index in [2.05, 4.69) is 12.2 Å². The Morgan fingerprint density at radius 3 is 2.00 bits per heavy atom. The summed E-state index contributed by atoms with van der Waals surface area (Å²) in [7, 11) is 0. The van der Waals surface area contributed by atoms with E-state index in [4.69, 9.17) is 5.73 Å². The van der Waals surface area contributed by atoms with E-state index < -0.39 is 0 Å². The highest BCUT2D eigenvalue weighted by molar-refractivity contribution is 4.89.